The second kappa shape index (κ2) is 11.4. The Kier molecular flexibility index (Phi) is 6.88. The van der Waals surface area contributed by atoms with E-state index < -0.39 is 18.4 Å². The van der Waals surface area contributed by atoms with E-state index in [1.165, 1.54) is 91.7 Å². The van der Waals surface area contributed by atoms with Crippen molar-refractivity contribution in [3.05, 3.63) is 173 Å². The summed E-state index contributed by atoms with van der Waals surface area (Å²) in [4.78, 5) is 7.81. The van der Waals surface area contributed by atoms with E-state index in [-0.39, 0.29) is 0 Å². The summed E-state index contributed by atoms with van der Waals surface area (Å²) in [5, 5.41) is 0. The molecule has 0 saturated heterocycles. The van der Waals surface area contributed by atoms with E-state index in [9.17, 15) is 0 Å². The van der Waals surface area contributed by atoms with Gasteiger partial charge >= 0.3 is 313 Å². The van der Waals surface area contributed by atoms with Crippen LogP contribution < -0.4 is 29.0 Å². The molecule has 0 N–H and O–H groups in total. The molecule has 0 radical (unpaired) electrons. The van der Waals surface area contributed by atoms with Gasteiger partial charge in [0.15, 0.2) is 0 Å². The van der Waals surface area contributed by atoms with Crippen LogP contribution in [0.25, 0.3) is 0 Å². The molecule has 0 spiro atoms. The normalized spacial score (nSPS) is 14.4. The fourth-order valence-electron chi connectivity index (χ4n) is 9.31. The average molecular weight is 779 g/mol. The molecule has 7 aromatic carbocycles. The van der Waals surface area contributed by atoms with E-state index in [0.717, 1.165) is 0 Å². The van der Waals surface area contributed by atoms with Gasteiger partial charge in [0.2, 0.25) is 0 Å². The van der Waals surface area contributed by atoms with Crippen LogP contribution in [0.2, 0.25) is 0 Å². The number of rotatable bonds is 4. The minimum absolute atomic E-state index is 1.20. The van der Waals surface area contributed by atoms with E-state index >= 15 is 0 Å². The van der Waals surface area contributed by atoms with Crippen molar-refractivity contribution < 1.29 is 0 Å². The van der Waals surface area contributed by atoms with Crippen molar-refractivity contribution in [3.8, 4) is 0 Å². The Balaban J connectivity index is 1.47. The second-order valence-corrected chi connectivity index (χ2v) is 25.3. The first kappa shape index (κ1) is 31.5. The zero-order valence-corrected chi connectivity index (χ0v) is 33.5. The Labute approximate surface area is 311 Å². The maximum absolute atomic E-state index is 4.23. The molecular formula is C48H41N3Sn. The molecule has 52 heavy (non-hydrogen) atoms. The molecule has 4 heteroatoms. The minimum atomic E-state index is -4.23. The fourth-order valence-corrected chi connectivity index (χ4v) is 26.2. The Morgan fingerprint density at radius 2 is 0.750 bits per heavy atom. The third kappa shape index (κ3) is 4.20. The Hall–Kier alpha value is -5.26. The molecule has 0 amide bonds. The number of anilines is 9. The summed E-state index contributed by atoms with van der Waals surface area (Å²) in [6.07, 6.45) is 0. The molecule has 252 valence electrons. The zero-order chi connectivity index (χ0) is 35.5. The molecule has 10 rings (SSSR count). The quantitative estimate of drug-likeness (QED) is 0.165. The molecular weight excluding hydrogens is 737 g/mol. The molecule has 0 fully saturated rings. The SMILES string of the molecule is Cc1ccc(N2c3cc(C)cc4[c]3[Sn]3([c]5ccccc5)[c]5c2ccc(C)c5N(c2ccc(C)cc2)c2c(C)ccc([c]23)N4c2ccc(C)cc2)cc1. The predicted octanol–water partition coefficient (Wildman–Crippen LogP) is 10.3. The first-order valence-corrected chi connectivity index (χ1v) is 24.1. The molecule has 3 aliphatic heterocycles. The summed E-state index contributed by atoms with van der Waals surface area (Å²) in [5.74, 6) is 0. The first-order chi connectivity index (χ1) is 25.3. The van der Waals surface area contributed by atoms with Crippen LogP contribution >= 0.6 is 0 Å². The third-order valence-electron chi connectivity index (χ3n) is 11.6. The summed E-state index contributed by atoms with van der Waals surface area (Å²) in [7, 11) is 0. The van der Waals surface area contributed by atoms with Gasteiger partial charge in [0.25, 0.3) is 0 Å². The van der Waals surface area contributed by atoms with Crippen LogP contribution in [0.3, 0.4) is 0 Å². The van der Waals surface area contributed by atoms with Crippen LogP contribution in [0.4, 0.5) is 51.2 Å². The van der Waals surface area contributed by atoms with Gasteiger partial charge < -0.3 is 0 Å². The van der Waals surface area contributed by atoms with Crippen LogP contribution in [-0.4, -0.2) is 18.4 Å². The molecule has 7 aromatic rings. The zero-order valence-electron chi connectivity index (χ0n) is 30.6. The van der Waals surface area contributed by atoms with Gasteiger partial charge in [-0.05, 0) is 0 Å². The second-order valence-electron chi connectivity index (χ2n) is 15.1. The Bertz CT molecular complexity index is 2440. The summed E-state index contributed by atoms with van der Waals surface area (Å²) in [6, 6.07) is 53.7. The van der Waals surface area contributed by atoms with Crippen molar-refractivity contribution in [1.82, 2.24) is 0 Å². The van der Waals surface area contributed by atoms with E-state index in [2.05, 4.69) is 196 Å². The summed E-state index contributed by atoms with van der Waals surface area (Å²) < 4.78 is 6.12. The molecule has 3 nitrogen and oxygen atoms in total. The number of hydrogen-bond donors (Lipinski definition) is 0. The third-order valence-corrected chi connectivity index (χ3v) is 25.7. The van der Waals surface area contributed by atoms with Gasteiger partial charge in [-0.15, -0.1) is 0 Å². The average Bonchev–Trinajstić information content (AvgIpc) is 3.15. The summed E-state index contributed by atoms with van der Waals surface area (Å²) >= 11 is -4.23. The van der Waals surface area contributed by atoms with E-state index in [4.69, 9.17) is 0 Å². The monoisotopic (exact) mass is 779 g/mol. The van der Waals surface area contributed by atoms with E-state index in [1.807, 2.05) is 0 Å². The van der Waals surface area contributed by atoms with Crippen LogP contribution in [0, 0.1) is 41.5 Å². The Morgan fingerprint density at radius 1 is 0.346 bits per heavy atom. The molecule has 0 atom stereocenters. The number of nitrogens with zero attached hydrogens (tertiary/aromatic N) is 3. The van der Waals surface area contributed by atoms with Crippen molar-refractivity contribution in [2.45, 2.75) is 41.5 Å². The topological polar surface area (TPSA) is 9.72 Å². The van der Waals surface area contributed by atoms with Gasteiger partial charge in [-0.2, -0.15) is 0 Å². The van der Waals surface area contributed by atoms with Gasteiger partial charge in [-0.25, -0.2) is 0 Å². The standard InChI is InChI=1S/C42H36N3.C6H5.Sn/c1-28-7-15-34(16-8-28)43-37-21-13-32(5)41(26-37)45(36-19-11-30(3)12-20-36)42-27-38(22-14-33(42)6)44(35-17-9-29(2)10-18-35)40-24-31(4)23-39(43)25-40;1-2-4-6-5-3-1;/h7-24H,1-6H3;1-5H;. The molecule has 3 aliphatic rings. The van der Waals surface area contributed by atoms with Gasteiger partial charge in [0.05, 0.1) is 0 Å². The molecule has 0 unspecified atom stereocenters. The van der Waals surface area contributed by atoms with Gasteiger partial charge in [-0.1, -0.05) is 0 Å². The van der Waals surface area contributed by atoms with Crippen LogP contribution in [0.5, 0.6) is 0 Å². The molecule has 0 bridgehead atoms. The van der Waals surface area contributed by atoms with E-state index in [1.54, 1.807) is 7.16 Å². The van der Waals surface area contributed by atoms with Crippen molar-refractivity contribution in [2.24, 2.45) is 0 Å². The molecule has 0 aromatic heterocycles. The Morgan fingerprint density at radius 3 is 1.17 bits per heavy atom. The first-order valence-electron chi connectivity index (χ1n) is 18.4. The van der Waals surface area contributed by atoms with Crippen molar-refractivity contribution in [1.29, 1.82) is 0 Å². The van der Waals surface area contributed by atoms with Gasteiger partial charge in [0.1, 0.15) is 0 Å². The van der Waals surface area contributed by atoms with Crippen LogP contribution in [0.1, 0.15) is 33.4 Å². The van der Waals surface area contributed by atoms with E-state index in [0.29, 0.717) is 0 Å². The van der Waals surface area contributed by atoms with Crippen molar-refractivity contribution in [3.63, 3.8) is 0 Å². The van der Waals surface area contributed by atoms with Crippen LogP contribution in [-0.2, 0) is 0 Å². The summed E-state index contributed by atoms with van der Waals surface area (Å²) in [6.45, 7) is 13.5. The van der Waals surface area contributed by atoms with Gasteiger partial charge in [-0.3, -0.25) is 0 Å². The number of aryl methyl sites for hydroxylation is 6. The summed E-state index contributed by atoms with van der Waals surface area (Å²) in [5.41, 5.74) is 19.2. The fraction of sp³-hybridized carbons (Fsp3) is 0.125. The maximum atomic E-state index is 2.63. The molecule has 0 saturated carbocycles. The van der Waals surface area contributed by atoms with Crippen LogP contribution in [0.15, 0.2) is 140 Å². The predicted molar refractivity (Wildman–Crippen MR) is 223 cm³/mol. The molecule has 0 aliphatic carbocycles. The van der Waals surface area contributed by atoms with Crippen molar-refractivity contribution in [2.75, 3.05) is 14.7 Å². The van der Waals surface area contributed by atoms with Crippen molar-refractivity contribution >= 4 is 83.9 Å². The number of benzene rings is 7. The van der Waals surface area contributed by atoms with Gasteiger partial charge in [0, 0.05) is 0 Å². The molecule has 3 heterocycles. The number of hydrogen-bond acceptors (Lipinski definition) is 3.